The molecule has 0 bridgehead atoms. The molecule has 1 aromatic heterocycles. The number of halogens is 2. The molecule has 18 heavy (non-hydrogen) atoms. The SMILES string of the molecule is Cn1cc(-c2ccc(F)c(Cl)c2)c(CC(=O)O)n1. The third-order valence-corrected chi connectivity index (χ3v) is 2.74. The number of rotatable bonds is 3. The van der Waals surface area contributed by atoms with E-state index >= 15 is 0 Å². The molecule has 2 aromatic rings. The average molecular weight is 269 g/mol. The maximum absolute atomic E-state index is 13.1. The minimum atomic E-state index is -0.969. The summed E-state index contributed by atoms with van der Waals surface area (Å²) in [4.78, 5) is 10.7. The van der Waals surface area contributed by atoms with Crippen molar-refractivity contribution in [3.63, 3.8) is 0 Å². The zero-order valence-corrected chi connectivity index (χ0v) is 10.3. The molecular weight excluding hydrogens is 259 g/mol. The van der Waals surface area contributed by atoms with Gasteiger partial charge in [-0.3, -0.25) is 9.48 Å². The van der Waals surface area contributed by atoms with E-state index in [-0.39, 0.29) is 11.4 Å². The van der Waals surface area contributed by atoms with E-state index in [9.17, 15) is 9.18 Å². The van der Waals surface area contributed by atoms with E-state index in [1.807, 2.05) is 0 Å². The van der Waals surface area contributed by atoms with Gasteiger partial charge >= 0.3 is 5.97 Å². The summed E-state index contributed by atoms with van der Waals surface area (Å²) in [5.74, 6) is -1.48. The fourth-order valence-electron chi connectivity index (χ4n) is 1.71. The Kier molecular flexibility index (Phi) is 3.34. The molecule has 0 aliphatic carbocycles. The van der Waals surface area contributed by atoms with Crippen LogP contribution < -0.4 is 0 Å². The maximum atomic E-state index is 13.1. The predicted molar refractivity (Wildman–Crippen MR) is 65.0 cm³/mol. The first-order valence-electron chi connectivity index (χ1n) is 5.17. The third kappa shape index (κ3) is 2.51. The smallest absolute Gasteiger partial charge is 0.309 e. The lowest BCUT2D eigenvalue weighted by molar-refractivity contribution is -0.136. The van der Waals surface area contributed by atoms with Gasteiger partial charge in [0.2, 0.25) is 0 Å². The summed E-state index contributed by atoms with van der Waals surface area (Å²) in [5, 5.41) is 12.9. The van der Waals surface area contributed by atoms with Gasteiger partial charge in [0.1, 0.15) is 5.82 Å². The second-order valence-electron chi connectivity index (χ2n) is 3.86. The van der Waals surface area contributed by atoms with Crippen LogP contribution in [0.3, 0.4) is 0 Å². The molecule has 94 valence electrons. The van der Waals surface area contributed by atoms with E-state index in [0.29, 0.717) is 16.8 Å². The van der Waals surface area contributed by atoms with Crippen LogP contribution in [0.1, 0.15) is 5.69 Å². The van der Waals surface area contributed by atoms with Crippen LogP contribution in [0.2, 0.25) is 5.02 Å². The van der Waals surface area contributed by atoms with E-state index in [0.717, 1.165) is 0 Å². The summed E-state index contributed by atoms with van der Waals surface area (Å²) in [5.41, 5.74) is 1.71. The number of carboxylic acids is 1. The van der Waals surface area contributed by atoms with Gasteiger partial charge in [0.05, 0.1) is 17.1 Å². The molecule has 0 saturated heterocycles. The van der Waals surface area contributed by atoms with Crippen LogP contribution in [0.15, 0.2) is 24.4 Å². The monoisotopic (exact) mass is 268 g/mol. The van der Waals surface area contributed by atoms with E-state index in [4.69, 9.17) is 16.7 Å². The topological polar surface area (TPSA) is 55.1 Å². The number of hydrogen-bond acceptors (Lipinski definition) is 2. The Morgan fingerprint density at radius 2 is 2.28 bits per heavy atom. The quantitative estimate of drug-likeness (QED) is 0.931. The van der Waals surface area contributed by atoms with Crippen LogP contribution >= 0.6 is 11.6 Å². The van der Waals surface area contributed by atoms with Crippen molar-refractivity contribution in [2.45, 2.75) is 6.42 Å². The molecule has 0 aliphatic rings. The third-order valence-electron chi connectivity index (χ3n) is 2.45. The van der Waals surface area contributed by atoms with Gasteiger partial charge < -0.3 is 5.11 Å². The van der Waals surface area contributed by atoms with Gasteiger partial charge in [-0.05, 0) is 17.7 Å². The molecule has 0 amide bonds. The lowest BCUT2D eigenvalue weighted by Crippen LogP contribution is -2.02. The second-order valence-corrected chi connectivity index (χ2v) is 4.27. The van der Waals surface area contributed by atoms with Gasteiger partial charge in [0.25, 0.3) is 0 Å². The van der Waals surface area contributed by atoms with Gasteiger partial charge in [-0.2, -0.15) is 5.10 Å². The maximum Gasteiger partial charge on any atom is 0.309 e. The van der Waals surface area contributed by atoms with Crippen LogP contribution in [-0.4, -0.2) is 20.9 Å². The van der Waals surface area contributed by atoms with E-state index in [1.165, 1.54) is 16.8 Å². The zero-order chi connectivity index (χ0) is 13.3. The Hall–Kier alpha value is -1.88. The average Bonchev–Trinajstić information content (AvgIpc) is 2.62. The standard InChI is InChI=1S/C12H10ClFN2O2/c1-16-6-8(11(15-16)5-12(17)18)7-2-3-10(14)9(13)4-7/h2-4,6H,5H2,1H3,(H,17,18). The summed E-state index contributed by atoms with van der Waals surface area (Å²) in [6.07, 6.45) is 1.49. The van der Waals surface area contributed by atoms with Gasteiger partial charge in [-0.25, -0.2) is 4.39 Å². The molecule has 0 fully saturated rings. The number of hydrogen-bond donors (Lipinski definition) is 1. The minimum absolute atomic E-state index is 0.00220. The number of nitrogens with zero attached hydrogens (tertiary/aromatic N) is 2. The van der Waals surface area contributed by atoms with Crippen molar-refractivity contribution >= 4 is 17.6 Å². The molecule has 1 N–H and O–H groups in total. The van der Waals surface area contributed by atoms with Crippen molar-refractivity contribution in [3.05, 3.63) is 40.9 Å². The Bertz CT molecular complexity index is 610. The molecule has 0 atom stereocenters. The molecular formula is C12H10ClFN2O2. The lowest BCUT2D eigenvalue weighted by Gasteiger charge is -2.02. The molecule has 4 nitrogen and oxygen atoms in total. The summed E-state index contributed by atoms with van der Waals surface area (Å²) in [6, 6.07) is 4.25. The van der Waals surface area contributed by atoms with Crippen molar-refractivity contribution in [3.8, 4) is 11.1 Å². The summed E-state index contributed by atoms with van der Waals surface area (Å²) >= 11 is 5.71. The van der Waals surface area contributed by atoms with Crippen molar-refractivity contribution in [1.82, 2.24) is 9.78 Å². The van der Waals surface area contributed by atoms with Crippen LogP contribution in [0.25, 0.3) is 11.1 Å². The number of benzene rings is 1. The van der Waals surface area contributed by atoms with Gasteiger partial charge in [0.15, 0.2) is 0 Å². The molecule has 0 saturated carbocycles. The van der Waals surface area contributed by atoms with Crippen molar-refractivity contribution in [2.75, 3.05) is 0 Å². The summed E-state index contributed by atoms with van der Waals surface area (Å²) in [6.45, 7) is 0. The largest absolute Gasteiger partial charge is 0.481 e. The molecule has 1 heterocycles. The highest BCUT2D eigenvalue weighted by atomic mass is 35.5. The van der Waals surface area contributed by atoms with Crippen molar-refractivity contribution in [1.29, 1.82) is 0 Å². The highest BCUT2D eigenvalue weighted by Gasteiger charge is 2.14. The van der Waals surface area contributed by atoms with Crippen LogP contribution in [-0.2, 0) is 18.3 Å². The van der Waals surface area contributed by atoms with Gasteiger partial charge in [0, 0.05) is 18.8 Å². The van der Waals surface area contributed by atoms with E-state index in [2.05, 4.69) is 5.10 Å². The molecule has 0 spiro atoms. The number of aryl methyl sites for hydroxylation is 1. The number of aliphatic carboxylic acids is 1. The Balaban J connectivity index is 2.49. The Morgan fingerprint density at radius 3 is 2.89 bits per heavy atom. The van der Waals surface area contributed by atoms with Crippen LogP contribution in [0, 0.1) is 5.82 Å². The van der Waals surface area contributed by atoms with Gasteiger partial charge in [-0.1, -0.05) is 17.7 Å². The molecule has 0 aliphatic heterocycles. The first kappa shape index (κ1) is 12.6. The van der Waals surface area contributed by atoms with Gasteiger partial charge in [-0.15, -0.1) is 0 Å². The lowest BCUT2D eigenvalue weighted by atomic mass is 10.1. The molecule has 0 radical (unpaired) electrons. The van der Waals surface area contributed by atoms with E-state index in [1.54, 1.807) is 19.3 Å². The van der Waals surface area contributed by atoms with E-state index < -0.39 is 11.8 Å². The first-order valence-corrected chi connectivity index (χ1v) is 5.55. The number of carbonyl (C=O) groups is 1. The molecule has 2 rings (SSSR count). The minimum Gasteiger partial charge on any atom is -0.481 e. The highest BCUT2D eigenvalue weighted by molar-refractivity contribution is 6.31. The summed E-state index contributed by atoms with van der Waals surface area (Å²) in [7, 11) is 1.69. The summed E-state index contributed by atoms with van der Waals surface area (Å²) < 4.78 is 14.6. The van der Waals surface area contributed by atoms with Crippen molar-refractivity contribution < 1.29 is 14.3 Å². The van der Waals surface area contributed by atoms with Crippen LogP contribution in [0.4, 0.5) is 4.39 Å². The molecule has 0 unspecified atom stereocenters. The van der Waals surface area contributed by atoms with Crippen LogP contribution in [0.5, 0.6) is 0 Å². The second kappa shape index (κ2) is 4.78. The number of carboxylic acid groups (broad SMARTS) is 1. The fraction of sp³-hybridized carbons (Fsp3) is 0.167. The van der Waals surface area contributed by atoms with Crippen molar-refractivity contribution in [2.24, 2.45) is 7.05 Å². The zero-order valence-electron chi connectivity index (χ0n) is 9.52. The fourth-order valence-corrected chi connectivity index (χ4v) is 1.89. The Labute approximate surface area is 108 Å². The Morgan fingerprint density at radius 1 is 1.56 bits per heavy atom. The molecule has 6 heteroatoms. The first-order chi connectivity index (χ1) is 8.47. The highest BCUT2D eigenvalue weighted by Crippen LogP contribution is 2.27. The number of aromatic nitrogens is 2. The predicted octanol–water partition coefficient (Wildman–Crippen LogP) is 2.51. The normalized spacial score (nSPS) is 10.6. The molecule has 1 aromatic carbocycles.